The molecule has 12 heteroatoms. The zero-order valence-electron chi connectivity index (χ0n) is 22.1. The molecule has 3 aromatic carbocycles. The third-order valence-electron chi connectivity index (χ3n) is 7.08. The van der Waals surface area contributed by atoms with E-state index in [4.69, 9.17) is 4.74 Å². The molecule has 10 nitrogen and oxygen atoms in total. The van der Waals surface area contributed by atoms with Gasteiger partial charge in [-0.2, -0.15) is 0 Å². The van der Waals surface area contributed by atoms with Crippen LogP contribution in [0, 0.1) is 5.92 Å². The lowest BCUT2D eigenvalue weighted by atomic mass is 9.90. The van der Waals surface area contributed by atoms with Crippen LogP contribution in [0.25, 0.3) is 11.1 Å². The van der Waals surface area contributed by atoms with Crippen molar-refractivity contribution in [2.75, 3.05) is 26.1 Å². The van der Waals surface area contributed by atoms with Crippen molar-refractivity contribution in [3.05, 3.63) is 84.4 Å². The molecule has 1 aliphatic rings. The van der Waals surface area contributed by atoms with E-state index in [1.165, 1.54) is 16.4 Å². The molecule has 1 heterocycles. The molecule has 1 amide bonds. The van der Waals surface area contributed by atoms with Gasteiger partial charge in [-0.05, 0) is 59.7 Å². The van der Waals surface area contributed by atoms with Crippen LogP contribution >= 0.6 is 0 Å². The maximum atomic E-state index is 13.1. The molecule has 4 rings (SSSR count). The first-order chi connectivity index (χ1) is 19.1. The molecule has 0 radical (unpaired) electrons. The number of hydroxylamine groups is 1. The highest BCUT2D eigenvalue weighted by Crippen LogP contribution is 2.26. The Kier molecular flexibility index (Phi) is 9.59. The summed E-state index contributed by atoms with van der Waals surface area (Å²) in [7, 11) is -5.78. The van der Waals surface area contributed by atoms with E-state index >= 15 is 0 Å². The van der Waals surface area contributed by atoms with E-state index in [9.17, 15) is 26.8 Å². The van der Waals surface area contributed by atoms with E-state index in [0.717, 1.165) is 16.9 Å². The van der Waals surface area contributed by atoms with Gasteiger partial charge in [-0.25, -0.2) is 26.6 Å². The average molecular weight is 588 g/mol. The molecule has 1 unspecified atom stereocenters. The molecule has 1 saturated heterocycles. The van der Waals surface area contributed by atoms with Crippen LogP contribution in [-0.4, -0.2) is 64.4 Å². The Hall–Kier alpha value is -3.29. The van der Waals surface area contributed by atoms with Crippen molar-refractivity contribution in [3.63, 3.8) is 0 Å². The lowest BCUT2D eigenvalue weighted by Crippen LogP contribution is -2.52. The third-order valence-corrected chi connectivity index (χ3v) is 10.5. The van der Waals surface area contributed by atoms with Crippen molar-refractivity contribution in [2.45, 2.75) is 29.5 Å². The molecule has 0 aliphatic carbocycles. The number of sulfone groups is 1. The fraction of sp³-hybridized carbons (Fsp3) is 0.321. The zero-order valence-corrected chi connectivity index (χ0v) is 23.7. The van der Waals surface area contributed by atoms with Gasteiger partial charge in [-0.15, -0.1) is 0 Å². The summed E-state index contributed by atoms with van der Waals surface area (Å²) < 4.78 is 58.4. The Morgan fingerprint density at radius 1 is 0.925 bits per heavy atom. The summed E-state index contributed by atoms with van der Waals surface area (Å²) in [6.07, 6.45) is 0.658. The quantitative estimate of drug-likeness (QED) is 0.230. The van der Waals surface area contributed by atoms with Crippen LogP contribution in [0.2, 0.25) is 0 Å². The van der Waals surface area contributed by atoms with Crippen LogP contribution in [0.15, 0.2) is 83.8 Å². The topological polar surface area (TPSA) is 142 Å². The number of sulfonamides is 1. The fourth-order valence-electron chi connectivity index (χ4n) is 4.83. The fourth-order valence-corrected chi connectivity index (χ4v) is 7.51. The molecule has 0 bridgehead atoms. The average Bonchev–Trinajstić information content (AvgIpc) is 2.97. The van der Waals surface area contributed by atoms with E-state index in [1.807, 2.05) is 30.3 Å². The van der Waals surface area contributed by atoms with Gasteiger partial charge in [0.25, 0.3) is 5.91 Å². The molecule has 3 N–H and O–H groups in total. The number of hydrogen-bond donors (Lipinski definition) is 3. The van der Waals surface area contributed by atoms with E-state index in [1.54, 1.807) is 49.0 Å². The maximum absolute atomic E-state index is 13.1. The van der Waals surface area contributed by atoms with Crippen LogP contribution in [0.3, 0.4) is 0 Å². The largest absolute Gasteiger partial charge is 0.497 e. The summed E-state index contributed by atoms with van der Waals surface area (Å²) in [5.41, 5.74) is 4.03. The van der Waals surface area contributed by atoms with Gasteiger partial charge in [0.15, 0.2) is 9.84 Å². The second-order valence-corrected chi connectivity index (χ2v) is 13.6. The van der Waals surface area contributed by atoms with Gasteiger partial charge < -0.3 is 4.74 Å². The van der Waals surface area contributed by atoms with Gasteiger partial charge in [0.2, 0.25) is 10.0 Å². The monoisotopic (exact) mass is 587 g/mol. The number of nitrogens with zero attached hydrogens (tertiary/aromatic N) is 1. The van der Waals surface area contributed by atoms with Crippen LogP contribution < -0.4 is 15.5 Å². The van der Waals surface area contributed by atoms with E-state index in [-0.39, 0.29) is 29.7 Å². The Bertz CT molecular complexity index is 1490. The SMILES string of the molecule is COc1ccc(-c2ccc(S(=O)(=O)CNC(C(=O)NO)C3CCN(S(=O)(=O)Cc4ccccc4)CC3)cc2)cc1. The van der Waals surface area contributed by atoms with Crippen LogP contribution in [0.1, 0.15) is 18.4 Å². The molecule has 214 valence electrons. The summed E-state index contributed by atoms with van der Waals surface area (Å²) in [5, 5.41) is 12.1. The van der Waals surface area contributed by atoms with Gasteiger partial charge in [-0.3, -0.25) is 15.3 Å². The van der Waals surface area contributed by atoms with Gasteiger partial charge in [0.1, 0.15) is 11.6 Å². The number of hydrogen-bond acceptors (Lipinski definition) is 8. The number of carbonyl (C=O) groups excluding carboxylic acids is 1. The molecule has 1 fully saturated rings. The molecule has 40 heavy (non-hydrogen) atoms. The van der Waals surface area contributed by atoms with Gasteiger partial charge in [0.05, 0.1) is 23.8 Å². The van der Waals surface area contributed by atoms with E-state index < -0.39 is 37.7 Å². The summed E-state index contributed by atoms with van der Waals surface area (Å²) in [6, 6.07) is 21.7. The normalized spacial score (nSPS) is 15.8. The minimum Gasteiger partial charge on any atom is -0.497 e. The second-order valence-electron chi connectivity index (χ2n) is 9.65. The highest BCUT2D eigenvalue weighted by molar-refractivity contribution is 7.91. The number of methoxy groups -OCH3 is 1. The summed E-state index contributed by atoms with van der Waals surface area (Å²) in [4.78, 5) is 12.6. The maximum Gasteiger partial charge on any atom is 0.260 e. The van der Waals surface area contributed by atoms with Gasteiger partial charge >= 0.3 is 0 Å². The number of ether oxygens (including phenoxy) is 1. The first kappa shape index (κ1) is 29.7. The minimum atomic E-state index is -3.81. The Morgan fingerprint density at radius 2 is 1.50 bits per heavy atom. The number of amides is 1. The number of nitrogens with one attached hydrogen (secondary N) is 2. The van der Waals surface area contributed by atoms with Crippen molar-refractivity contribution in [1.82, 2.24) is 15.1 Å². The van der Waals surface area contributed by atoms with Crippen molar-refractivity contribution in [1.29, 1.82) is 0 Å². The summed E-state index contributed by atoms with van der Waals surface area (Å²) in [6.45, 7) is 0.382. The first-order valence-corrected chi connectivity index (χ1v) is 16.1. The van der Waals surface area contributed by atoms with Crippen molar-refractivity contribution in [2.24, 2.45) is 5.92 Å². The van der Waals surface area contributed by atoms with E-state index in [2.05, 4.69) is 5.32 Å². The molecule has 1 atom stereocenters. The highest BCUT2D eigenvalue weighted by Gasteiger charge is 2.35. The molecular weight excluding hydrogens is 554 g/mol. The van der Waals surface area contributed by atoms with Crippen LogP contribution in [0.4, 0.5) is 0 Å². The number of carbonyl (C=O) groups is 1. The third kappa shape index (κ3) is 7.26. The lowest BCUT2D eigenvalue weighted by molar-refractivity contribution is -0.133. The summed E-state index contributed by atoms with van der Waals surface area (Å²) in [5.74, 6) is -1.07. The molecule has 3 aromatic rings. The summed E-state index contributed by atoms with van der Waals surface area (Å²) >= 11 is 0. The standard InChI is InChI=1S/C28H33N3O7S2/c1-38-25-11-7-22(8-12-25)23-9-13-26(14-10-23)39(34,35)20-29-27(28(32)30-33)24-15-17-31(18-16-24)40(36,37)19-21-5-3-2-4-6-21/h2-14,24,27,29,33H,15-20H2,1H3,(H,30,32). The predicted octanol–water partition coefficient (Wildman–Crippen LogP) is 2.80. The van der Waals surface area contributed by atoms with Crippen molar-refractivity contribution < 1.29 is 31.6 Å². The number of piperidine rings is 1. The van der Waals surface area contributed by atoms with Crippen LogP contribution in [0.5, 0.6) is 5.75 Å². The zero-order chi connectivity index (χ0) is 28.8. The highest BCUT2D eigenvalue weighted by atomic mass is 32.2. The molecule has 0 saturated carbocycles. The van der Waals surface area contributed by atoms with Crippen LogP contribution in [-0.2, 0) is 30.4 Å². The molecular formula is C28H33N3O7S2. The van der Waals surface area contributed by atoms with Crippen molar-refractivity contribution in [3.8, 4) is 16.9 Å². The van der Waals surface area contributed by atoms with Gasteiger partial charge in [0, 0.05) is 13.1 Å². The molecule has 1 aliphatic heterocycles. The second kappa shape index (κ2) is 12.9. The molecule has 0 aromatic heterocycles. The Balaban J connectivity index is 1.38. The Morgan fingerprint density at radius 3 is 2.05 bits per heavy atom. The Labute approximate surface area is 234 Å². The lowest BCUT2D eigenvalue weighted by Gasteiger charge is -2.35. The number of rotatable bonds is 11. The minimum absolute atomic E-state index is 0.0854. The van der Waals surface area contributed by atoms with E-state index in [0.29, 0.717) is 18.4 Å². The predicted molar refractivity (Wildman–Crippen MR) is 151 cm³/mol. The number of benzene rings is 3. The van der Waals surface area contributed by atoms with Crippen molar-refractivity contribution >= 4 is 25.8 Å². The molecule has 0 spiro atoms. The van der Waals surface area contributed by atoms with Gasteiger partial charge in [-0.1, -0.05) is 54.6 Å². The first-order valence-electron chi connectivity index (χ1n) is 12.8. The smallest absolute Gasteiger partial charge is 0.260 e.